The van der Waals surface area contributed by atoms with Crippen molar-refractivity contribution >= 4 is 23.1 Å². The highest BCUT2D eigenvalue weighted by Gasteiger charge is 2.12. The van der Waals surface area contributed by atoms with Gasteiger partial charge < -0.3 is 16.0 Å². The molecule has 3 N–H and O–H groups in total. The molecule has 0 bridgehead atoms. The van der Waals surface area contributed by atoms with Gasteiger partial charge in [-0.15, -0.1) is 0 Å². The molecule has 1 fully saturated rings. The number of pyridine rings is 1. The fraction of sp³-hybridized carbons (Fsp3) is 0.294. The molecule has 0 radical (unpaired) electrons. The highest BCUT2D eigenvalue weighted by molar-refractivity contribution is 6.07. The van der Waals surface area contributed by atoms with Crippen molar-refractivity contribution in [2.75, 3.05) is 29.0 Å². The molecule has 2 aromatic rings. The Morgan fingerprint density at radius 3 is 2.55 bits per heavy atom. The van der Waals surface area contributed by atoms with E-state index in [1.165, 1.54) is 19.3 Å². The summed E-state index contributed by atoms with van der Waals surface area (Å²) >= 11 is 0. The molecule has 2 heterocycles. The van der Waals surface area contributed by atoms with Crippen LogP contribution in [0.25, 0.3) is 0 Å². The molecule has 114 valence electrons. The van der Waals surface area contributed by atoms with E-state index in [0.29, 0.717) is 17.1 Å². The minimum absolute atomic E-state index is 0.240. The lowest BCUT2D eigenvalue weighted by atomic mass is 10.1. The zero-order valence-corrected chi connectivity index (χ0v) is 12.5. The van der Waals surface area contributed by atoms with Gasteiger partial charge >= 0.3 is 0 Å². The van der Waals surface area contributed by atoms with E-state index in [-0.39, 0.29) is 5.91 Å². The maximum absolute atomic E-state index is 12.2. The summed E-state index contributed by atoms with van der Waals surface area (Å²) in [5.74, 6) is 0.297. The molecule has 0 spiro atoms. The van der Waals surface area contributed by atoms with Gasteiger partial charge in [-0.1, -0.05) is 12.1 Å². The van der Waals surface area contributed by atoms with Gasteiger partial charge in [0.05, 0.1) is 17.4 Å². The standard InChI is InChI=1S/C17H20N4O/c18-15-7-3-2-6-14(15)17(22)20-16-9-8-13(12-19-16)21-10-4-1-5-11-21/h2-3,6-9,12H,1,4-5,10-11,18H2,(H,19,20,22). The van der Waals surface area contributed by atoms with Crippen LogP contribution in [-0.4, -0.2) is 24.0 Å². The van der Waals surface area contributed by atoms with Crippen LogP contribution in [0.2, 0.25) is 0 Å². The Morgan fingerprint density at radius 1 is 1.09 bits per heavy atom. The normalized spacial score (nSPS) is 14.6. The Hall–Kier alpha value is -2.56. The summed E-state index contributed by atoms with van der Waals surface area (Å²) in [7, 11) is 0. The van der Waals surface area contributed by atoms with E-state index in [4.69, 9.17) is 5.73 Å². The molecule has 1 saturated heterocycles. The Bertz CT molecular complexity index is 648. The summed E-state index contributed by atoms with van der Waals surface area (Å²) in [4.78, 5) is 18.8. The third-order valence-corrected chi connectivity index (χ3v) is 3.92. The predicted molar refractivity (Wildman–Crippen MR) is 89.1 cm³/mol. The number of carbonyl (C=O) groups excluding carboxylic acids is 1. The van der Waals surface area contributed by atoms with Gasteiger partial charge in [0, 0.05) is 18.8 Å². The first-order valence-corrected chi connectivity index (χ1v) is 7.61. The van der Waals surface area contributed by atoms with Gasteiger partial charge in [-0.3, -0.25) is 4.79 Å². The molecule has 3 rings (SSSR count). The number of nitrogens with one attached hydrogen (secondary N) is 1. The van der Waals surface area contributed by atoms with Crippen molar-refractivity contribution in [1.82, 2.24) is 4.98 Å². The van der Waals surface area contributed by atoms with Gasteiger partial charge in [-0.2, -0.15) is 0 Å². The first-order chi connectivity index (χ1) is 10.7. The molecule has 0 unspecified atom stereocenters. The molecular formula is C17H20N4O. The second kappa shape index (κ2) is 6.47. The number of rotatable bonds is 3. The van der Waals surface area contributed by atoms with Crippen molar-refractivity contribution in [3.63, 3.8) is 0 Å². The topological polar surface area (TPSA) is 71.2 Å². The van der Waals surface area contributed by atoms with Crippen LogP contribution >= 0.6 is 0 Å². The summed E-state index contributed by atoms with van der Waals surface area (Å²) in [5.41, 5.74) is 7.84. The van der Waals surface area contributed by atoms with E-state index in [0.717, 1.165) is 18.8 Å². The van der Waals surface area contributed by atoms with Crippen LogP contribution < -0.4 is 16.0 Å². The quantitative estimate of drug-likeness (QED) is 0.854. The van der Waals surface area contributed by atoms with Crippen LogP contribution in [-0.2, 0) is 0 Å². The number of nitrogens with two attached hydrogens (primary N) is 1. The molecule has 1 amide bonds. The number of benzene rings is 1. The number of hydrogen-bond acceptors (Lipinski definition) is 4. The van der Waals surface area contributed by atoms with Crippen LogP contribution in [0.5, 0.6) is 0 Å². The SMILES string of the molecule is Nc1ccccc1C(=O)Nc1ccc(N2CCCCC2)cn1. The largest absolute Gasteiger partial charge is 0.398 e. The van der Waals surface area contributed by atoms with Gasteiger partial charge in [0.15, 0.2) is 0 Å². The van der Waals surface area contributed by atoms with Crippen molar-refractivity contribution in [3.8, 4) is 0 Å². The van der Waals surface area contributed by atoms with Gasteiger partial charge in [0.25, 0.3) is 5.91 Å². The number of piperidine rings is 1. The number of para-hydroxylation sites is 1. The summed E-state index contributed by atoms with van der Waals surface area (Å²) in [6.07, 6.45) is 5.57. The molecule has 0 atom stereocenters. The predicted octanol–water partition coefficient (Wildman–Crippen LogP) is 2.91. The first-order valence-electron chi connectivity index (χ1n) is 7.61. The highest BCUT2D eigenvalue weighted by atomic mass is 16.1. The lowest BCUT2D eigenvalue weighted by Crippen LogP contribution is -2.29. The molecule has 1 aliphatic heterocycles. The van der Waals surface area contributed by atoms with Crippen molar-refractivity contribution in [3.05, 3.63) is 48.2 Å². The lowest BCUT2D eigenvalue weighted by Gasteiger charge is -2.28. The van der Waals surface area contributed by atoms with Crippen molar-refractivity contribution in [2.24, 2.45) is 0 Å². The number of hydrogen-bond donors (Lipinski definition) is 2. The second-order valence-electron chi connectivity index (χ2n) is 5.49. The molecular weight excluding hydrogens is 276 g/mol. The fourth-order valence-electron chi connectivity index (χ4n) is 2.69. The van der Waals surface area contributed by atoms with Gasteiger partial charge in [0.1, 0.15) is 5.82 Å². The first kappa shape index (κ1) is 14.4. The minimum Gasteiger partial charge on any atom is -0.398 e. The third kappa shape index (κ3) is 3.19. The van der Waals surface area contributed by atoms with E-state index in [1.54, 1.807) is 24.3 Å². The van der Waals surface area contributed by atoms with E-state index in [1.807, 2.05) is 18.3 Å². The molecule has 5 heteroatoms. The van der Waals surface area contributed by atoms with Crippen molar-refractivity contribution < 1.29 is 4.79 Å². The Balaban J connectivity index is 1.68. The van der Waals surface area contributed by atoms with Gasteiger partial charge in [-0.05, 0) is 43.5 Å². The summed E-state index contributed by atoms with van der Waals surface area (Å²) in [6, 6.07) is 10.8. The zero-order valence-electron chi connectivity index (χ0n) is 12.5. The number of amides is 1. The molecule has 0 saturated carbocycles. The monoisotopic (exact) mass is 296 g/mol. The number of aromatic nitrogens is 1. The average molecular weight is 296 g/mol. The average Bonchev–Trinajstić information content (AvgIpc) is 2.57. The Labute approximate surface area is 130 Å². The maximum Gasteiger partial charge on any atom is 0.258 e. The number of nitrogen functional groups attached to an aromatic ring is 1. The van der Waals surface area contributed by atoms with Crippen LogP contribution in [0.15, 0.2) is 42.6 Å². The van der Waals surface area contributed by atoms with Crippen LogP contribution in [0.3, 0.4) is 0 Å². The van der Waals surface area contributed by atoms with Crippen LogP contribution in [0.1, 0.15) is 29.6 Å². The minimum atomic E-state index is -0.240. The number of nitrogens with zero attached hydrogens (tertiary/aromatic N) is 2. The molecule has 1 aromatic carbocycles. The molecule has 1 aliphatic rings. The Kier molecular flexibility index (Phi) is 4.23. The maximum atomic E-state index is 12.2. The van der Waals surface area contributed by atoms with E-state index in [9.17, 15) is 4.79 Å². The highest BCUT2D eigenvalue weighted by Crippen LogP contribution is 2.20. The van der Waals surface area contributed by atoms with E-state index < -0.39 is 0 Å². The lowest BCUT2D eigenvalue weighted by molar-refractivity contribution is 0.102. The summed E-state index contributed by atoms with van der Waals surface area (Å²) < 4.78 is 0. The third-order valence-electron chi connectivity index (χ3n) is 3.92. The molecule has 1 aromatic heterocycles. The summed E-state index contributed by atoms with van der Waals surface area (Å²) in [5, 5.41) is 2.78. The smallest absolute Gasteiger partial charge is 0.258 e. The second-order valence-corrected chi connectivity index (χ2v) is 5.49. The van der Waals surface area contributed by atoms with Gasteiger partial charge in [0.2, 0.25) is 0 Å². The molecule has 5 nitrogen and oxygen atoms in total. The van der Waals surface area contributed by atoms with Crippen molar-refractivity contribution in [2.45, 2.75) is 19.3 Å². The molecule has 0 aliphatic carbocycles. The Morgan fingerprint density at radius 2 is 1.86 bits per heavy atom. The summed E-state index contributed by atoms with van der Waals surface area (Å²) in [6.45, 7) is 2.15. The van der Waals surface area contributed by atoms with E-state index >= 15 is 0 Å². The number of anilines is 3. The zero-order chi connectivity index (χ0) is 15.4. The van der Waals surface area contributed by atoms with Crippen LogP contribution in [0, 0.1) is 0 Å². The number of carbonyl (C=O) groups is 1. The fourth-order valence-corrected chi connectivity index (χ4v) is 2.69. The van der Waals surface area contributed by atoms with E-state index in [2.05, 4.69) is 15.2 Å². The van der Waals surface area contributed by atoms with Crippen molar-refractivity contribution in [1.29, 1.82) is 0 Å². The van der Waals surface area contributed by atoms with Gasteiger partial charge in [-0.25, -0.2) is 4.98 Å². The molecule has 22 heavy (non-hydrogen) atoms. The van der Waals surface area contributed by atoms with Crippen LogP contribution in [0.4, 0.5) is 17.2 Å².